The minimum atomic E-state index is 0. The molecular formula is C16H28IN3O3. The van der Waals surface area contributed by atoms with Crippen LogP contribution in [0.25, 0.3) is 0 Å². The van der Waals surface area contributed by atoms with Gasteiger partial charge in [0, 0.05) is 26.2 Å². The Labute approximate surface area is 155 Å². The molecule has 0 heterocycles. The smallest absolute Gasteiger partial charge is 0.191 e. The lowest BCUT2D eigenvalue weighted by Crippen LogP contribution is -2.44. The molecule has 1 unspecified atom stereocenters. The third kappa shape index (κ3) is 7.74. The van der Waals surface area contributed by atoms with Gasteiger partial charge >= 0.3 is 0 Å². The van der Waals surface area contributed by atoms with E-state index in [0.717, 1.165) is 18.1 Å². The quantitative estimate of drug-likeness (QED) is 0.330. The van der Waals surface area contributed by atoms with Crippen molar-refractivity contribution in [2.24, 2.45) is 4.99 Å². The Morgan fingerprint density at radius 3 is 2.70 bits per heavy atom. The number of ether oxygens (including phenoxy) is 2. The molecule has 0 aliphatic carbocycles. The van der Waals surface area contributed by atoms with Gasteiger partial charge < -0.3 is 25.2 Å². The van der Waals surface area contributed by atoms with Gasteiger partial charge in [0.1, 0.15) is 0 Å². The van der Waals surface area contributed by atoms with Crippen LogP contribution in [0.4, 0.5) is 0 Å². The molecule has 6 nitrogen and oxygen atoms in total. The molecule has 132 valence electrons. The average molecular weight is 437 g/mol. The summed E-state index contributed by atoms with van der Waals surface area (Å²) < 4.78 is 10.2. The zero-order chi connectivity index (χ0) is 16.4. The number of halogens is 1. The second-order valence-corrected chi connectivity index (χ2v) is 4.98. The lowest BCUT2D eigenvalue weighted by atomic mass is 10.1. The van der Waals surface area contributed by atoms with Crippen LogP contribution in [0.1, 0.15) is 19.4 Å². The van der Waals surface area contributed by atoms with Gasteiger partial charge in [0.05, 0.1) is 13.7 Å². The van der Waals surface area contributed by atoms with Crippen molar-refractivity contribution in [3.8, 4) is 11.5 Å². The van der Waals surface area contributed by atoms with Gasteiger partial charge in [0.15, 0.2) is 17.5 Å². The van der Waals surface area contributed by atoms with Gasteiger partial charge in [-0.25, -0.2) is 0 Å². The van der Waals surface area contributed by atoms with Gasteiger partial charge in [-0.1, -0.05) is 12.1 Å². The van der Waals surface area contributed by atoms with Crippen LogP contribution in [-0.4, -0.2) is 51.0 Å². The highest BCUT2D eigenvalue weighted by atomic mass is 127. The van der Waals surface area contributed by atoms with Gasteiger partial charge in [-0.3, -0.25) is 4.99 Å². The monoisotopic (exact) mass is 437 g/mol. The molecule has 0 aliphatic rings. The molecule has 0 saturated carbocycles. The summed E-state index contributed by atoms with van der Waals surface area (Å²) in [6.07, 6.45) is 0.637. The molecule has 1 aromatic rings. The molecular weight excluding hydrogens is 409 g/mol. The van der Waals surface area contributed by atoms with E-state index in [1.54, 1.807) is 20.3 Å². The van der Waals surface area contributed by atoms with Crippen LogP contribution in [0.2, 0.25) is 0 Å². The number of para-hydroxylation sites is 1. The van der Waals surface area contributed by atoms with Gasteiger partial charge in [0.2, 0.25) is 0 Å². The van der Waals surface area contributed by atoms with Crippen LogP contribution in [0.5, 0.6) is 11.5 Å². The topological polar surface area (TPSA) is 75.1 Å². The fourth-order valence-corrected chi connectivity index (χ4v) is 2.07. The number of phenolic OH excluding ortho intramolecular Hbond substituents is 1. The molecule has 1 atom stereocenters. The summed E-state index contributed by atoms with van der Waals surface area (Å²) in [5, 5.41) is 16.5. The Balaban J connectivity index is 0.00000484. The summed E-state index contributed by atoms with van der Waals surface area (Å²) in [5.74, 6) is 1.42. The second-order valence-electron chi connectivity index (χ2n) is 4.98. The van der Waals surface area contributed by atoms with E-state index in [4.69, 9.17) is 9.47 Å². The van der Waals surface area contributed by atoms with Crippen molar-refractivity contribution in [3.63, 3.8) is 0 Å². The molecule has 7 heteroatoms. The summed E-state index contributed by atoms with van der Waals surface area (Å²) >= 11 is 0. The molecule has 23 heavy (non-hydrogen) atoms. The molecule has 0 spiro atoms. The highest BCUT2D eigenvalue weighted by Crippen LogP contribution is 2.29. The third-order valence-corrected chi connectivity index (χ3v) is 3.10. The highest BCUT2D eigenvalue weighted by Gasteiger charge is 2.07. The van der Waals surface area contributed by atoms with Crippen LogP contribution in [0, 0.1) is 0 Å². The third-order valence-electron chi connectivity index (χ3n) is 3.10. The first-order valence-corrected chi connectivity index (χ1v) is 7.51. The van der Waals surface area contributed by atoms with E-state index in [0.29, 0.717) is 25.3 Å². The summed E-state index contributed by atoms with van der Waals surface area (Å²) in [6.45, 7) is 6.02. The molecule has 0 saturated heterocycles. The standard InChI is InChI=1S/C16H27N3O3.HI/c1-5-17-16(19-12(2)11-21-3)18-10-9-13-7-6-8-14(22-4)15(13)20;/h6-8,12,20H,5,9-11H2,1-4H3,(H2,17,18,19);1H. The Bertz CT molecular complexity index is 484. The number of hydrogen-bond donors (Lipinski definition) is 3. The van der Waals surface area contributed by atoms with Crippen LogP contribution in [-0.2, 0) is 11.2 Å². The predicted octanol–water partition coefficient (Wildman–Crippen LogP) is 2.15. The van der Waals surface area contributed by atoms with Crippen LogP contribution in [0.15, 0.2) is 23.2 Å². The summed E-state index contributed by atoms with van der Waals surface area (Å²) in [7, 11) is 3.22. The highest BCUT2D eigenvalue weighted by molar-refractivity contribution is 14.0. The number of phenols is 1. The van der Waals surface area contributed by atoms with E-state index in [1.165, 1.54) is 0 Å². The number of nitrogens with one attached hydrogen (secondary N) is 2. The molecule has 0 aliphatic heterocycles. The van der Waals surface area contributed by atoms with Crippen molar-refractivity contribution >= 4 is 29.9 Å². The number of benzene rings is 1. The summed E-state index contributed by atoms with van der Waals surface area (Å²) in [6, 6.07) is 5.65. The Morgan fingerprint density at radius 2 is 2.09 bits per heavy atom. The molecule has 0 fully saturated rings. The maximum atomic E-state index is 10.1. The SMILES string of the molecule is CCNC(=NCCc1cccc(OC)c1O)NC(C)COC.I. The normalized spacial score (nSPS) is 12.3. The number of methoxy groups -OCH3 is 2. The Morgan fingerprint density at radius 1 is 1.35 bits per heavy atom. The van der Waals surface area contributed by atoms with Crippen molar-refractivity contribution in [2.75, 3.05) is 33.9 Å². The van der Waals surface area contributed by atoms with Crippen molar-refractivity contribution in [2.45, 2.75) is 26.3 Å². The van der Waals surface area contributed by atoms with Gasteiger partial charge in [-0.15, -0.1) is 24.0 Å². The molecule has 1 aromatic carbocycles. The number of rotatable bonds is 8. The van der Waals surface area contributed by atoms with E-state index in [2.05, 4.69) is 15.6 Å². The van der Waals surface area contributed by atoms with Crippen molar-refractivity contribution in [1.29, 1.82) is 0 Å². The zero-order valence-corrected chi connectivity index (χ0v) is 16.6. The number of aliphatic imine (C=N–C) groups is 1. The molecule has 1 rings (SSSR count). The van der Waals surface area contributed by atoms with Crippen LogP contribution < -0.4 is 15.4 Å². The molecule has 0 bridgehead atoms. The second kappa shape index (κ2) is 12.2. The Hall–Kier alpha value is -1.22. The summed E-state index contributed by atoms with van der Waals surface area (Å²) in [4.78, 5) is 4.51. The maximum absolute atomic E-state index is 10.1. The molecule has 0 aromatic heterocycles. The molecule has 0 radical (unpaired) electrons. The fraction of sp³-hybridized carbons (Fsp3) is 0.562. The van der Waals surface area contributed by atoms with Gasteiger partial charge in [-0.2, -0.15) is 0 Å². The van der Waals surface area contributed by atoms with E-state index < -0.39 is 0 Å². The average Bonchev–Trinajstić information content (AvgIpc) is 2.49. The minimum absolute atomic E-state index is 0. The first kappa shape index (κ1) is 21.8. The maximum Gasteiger partial charge on any atom is 0.191 e. The lowest BCUT2D eigenvalue weighted by Gasteiger charge is -2.17. The van der Waals surface area contributed by atoms with Gasteiger partial charge in [0.25, 0.3) is 0 Å². The first-order valence-electron chi connectivity index (χ1n) is 7.51. The minimum Gasteiger partial charge on any atom is -0.504 e. The zero-order valence-electron chi connectivity index (χ0n) is 14.3. The number of nitrogens with zero attached hydrogens (tertiary/aromatic N) is 1. The number of aromatic hydroxyl groups is 1. The lowest BCUT2D eigenvalue weighted by molar-refractivity contribution is 0.179. The van der Waals surface area contributed by atoms with E-state index >= 15 is 0 Å². The van der Waals surface area contributed by atoms with Crippen molar-refractivity contribution in [1.82, 2.24) is 10.6 Å². The fourth-order valence-electron chi connectivity index (χ4n) is 2.07. The number of hydrogen-bond acceptors (Lipinski definition) is 4. The van der Waals surface area contributed by atoms with E-state index in [9.17, 15) is 5.11 Å². The van der Waals surface area contributed by atoms with Crippen LogP contribution in [0.3, 0.4) is 0 Å². The first-order chi connectivity index (χ1) is 10.6. The summed E-state index contributed by atoms with van der Waals surface area (Å²) in [5.41, 5.74) is 0.823. The van der Waals surface area contributed by atoms with Gasteiger partial charge in [-0.05, 0) is 31.9 Å². The van der Waals surface area contributed by atoms with Crippen molar-refractivity contribution < 1.29 is 14.6 Å². The molecule has 0 amide bonds. The number of guanidine groups is 1. The Kier molecular flexibility index (Phi) is 11.6. The largest absolute Gasteiger partial charge is 0.504 e. The van der Waals surface area contributed by atoms with E-state index in [1.807, 2.05) is 26.0 Å². The van der Waals surface area contributed by atoms with Crippen LogP contribution >= 0.6 is 24.0 Å². The predicted molar refractivity (Wildman–Crippen MR) is 104 cm³/mol. The van der Waals surface area contributed by atoms with E-state index in [-0.39, 0.29) is 35.8 Å². The van der Waals surface area contributed by atoms with Crippen molar-refractivity contribution in [3.05, 3.63) is 23.8 Å². The molecule has 3 N–H and O–H groups in total.